The summed E-state index contributed by atoms with van der Waals surface area (Å²) < 4.78 is 0. The van der Waals surface area contributed by atoms with Gasteiger partial charge in [-0.3, -0.25) is 4.90 Å². The summed E-state index contributed by atoms with van der Waals surface area (Å²) in [6.07, 6.45) is 10.8. The molecule has 1 heterocycles. The van der Waals surface area contributed by atoms with Crippen LogP contribution in [-0.4, -0.2) is 35.2 Å². The minimum absolute atomic E-state index is 0.00244. The summed E-state index contributed by atoms with van der Waals surface area (Å²) in [5.41, 5.74) is 0. The van der Waals surface area contributed by atoms with Crippen LogP contribution in [0.1, 0.15) is 51.4 Å². The summed E-state index contributed by atoms with van der Waals surface area (Å²) >= 11 is 0. The lowest BCUT2D eigenvalue weighted by molar-refractivity contribution is 0.0868. The fourth-order valence-electron chi connectivity index (χ4n) is 4.26. The van der Waals surface area contributed by atoms with Gasteiger partial charge < -0.3 is 5.11 Å². The molecule has 2 aliphatic carbocycles. The van der Waals surface area contributed by atoms with Gasteiger partial charge >= 0.3 is 0 Å². The van der Waals surface area contributed by atoms with Crippen LogP contribution in [0, 0.1) is 11.8 Å². The Labute approximate surface area is 99.0 Å². The molecule has 3 rings (SSSR count). The molecule has 0 aromatic carbocycles. The maximum atomic E-state index is 9.92. The minimum atomic E-state index is 0.00244. The number of rotatable bonds is 2. The molecule has 4 atom stereocenters. The average Bonchev–Trinajstić information content (AvgIpc) is 2.88. The van der Waals surface area contributed by atoms with Gasteiger partial charge in [0.25, 0.3) is 0 Å². The van der Waals surface area contributed by atoms with Crippen LogP contribution < -0.4 is 0 Å². The van der Waals surface area contributed by atoms with E-state index in [1.54, 1.807) is 0 Å². The van der Waals surface area contributed by atoms with Gasteiger partial charge in [0, 0.05) is 12.6 Å². The first-order valence-corrected chi connectivity index (χ1v) is 7.27. The van der Waals surface area contributed by atoms with E-state index in [1.165, 1.54) is 58.0 Å². The van der Waals surface area contributed by atoms with Crippen molar-refractivity contribution < 1.29 is 5.11 Å². The minimum Gasteiger partial charge on any atom is -0.393 e. The highest BCUT2D eigenvalue weighted by Crippen LogP contribution is 2.38. The van der Waals surface area contributed by atoms with Gasteiger partial charge in [-0.2, -0.15) is 0 Å². The monoisotopic (exact) mass is 223 g/mol. The van der Waals surface area contributed by atoms with Crippen LogP contribution in [0.2, 0.25) is 0 Å². The van der Waals surface area contributed by atoms with Crippen LogP contribution in [0.4, 0.5) is 0 Å². The van der Waals surface area contributed by atoms with Crippen molar-refractivity contribution in [1.29, 1.82) is 0 Å². The van der Waals surface area contributed by atoms with Gasteiger partial charge in [-0.05, 0) is 50.5 Å². The fraction of sp³-hybridized carbons (Fsp3) is 1.00. The number of fused-ring (bicyclic) bond motifs is 1. The standard InChI is InChI=1S/C14H25NO/c16-14-7-3-5-12(14)10-15-9-8-11-4-1-2-6-13(11)15/h11-14,16H,1-10H2. The molecule has 92 valence electrons. The van der Waals surface area contributed by atoms with Crippen LogP contribution in [0.5, 0.6) is 0 Å². The van der Waals surface area contributed by atoms with Gasteiger partial charge in [0.1, 0.15) is 0 Å². The third kappa shape index (κ3) is 2.02. The number of aliphatic hydroxyl groups excluding tert-OH is 1. The third-order valence-electron chi connectivity index (χ3n) is 5.21. The second-order valence-corrected chi connectivity index (χ2v) is 6.15. The molecule has 16 heavy (non-hydrogen) atoms. The molecule has 0 bridgehead atoms. The number of hydrogen-bond donors (Lipinski definition) is 1. The Balaban J connectivity index is 1.58. The lowest BCUT2D eigenvalue weighted by Crippen LogP contribution is -2.39. The summed E-state index contributed by atoms with van der Waals surface area (Å²) in [4.78, 5) is 2.71. The Kier molecular flexibility index (Phi) is 3.21. The van der Waals surface area contributed by atoms with Crippen molar-refractivity contribution in [2.75, 3.05) is 13.1 Å². The topological polar surface area (TPSA) is 23.5 Å². The van der Waals surface area contributed by atoms with E-state index in [-0.39, 0.29) is 6.10 Å². The highest BCUT2D eigenvalue weighted by Gasteiger charge is 2.38. The number of likely N-dealkylation sites (tertiary alicyclic amines) is 1. The van der Waals surface area contributed by atoms with E-state index in [2.05, 4.69) is 4.90 Å². The quantitative estimate of drug-likeness (QED) is 0.777. The Morgan fingerprint density at radius 2 is 1.81 bits per heavy atom. The van der Waals surface area contributed by atoms with Crippen LogP contribution in [0.25, 0.3) is 0 Å². The van der Waals surface area contributed by atoms with E-state index in [0.717, 1.165) is 18.4 Å². The Bertz CT molecular complexity index is 243. The largest absolute Gasteiger partial charge is 0.393 e. The summed E-state index contributed by atoms with van der Waals surface area (Å²) in [6, 6.07) is 0.876. The molecule has 3 fully saturated rings. The molecule has 3 aliphatic rings. The van der Waals surface area contributed by atoms with Crippen molar-refractivity contribution >= 4 is 0 Å². The molecule has 2 heteroatoms. The van der Waals surface area contributed by atoms with Gasteiger partial charge in [-0.15, -0.1) is 0 Å². The zero-order valence-electron chi connectivity index (χ0n) is 10.3. The van der Waals surface area contributed by atoms with Crippen molar-refractivity contribution in [3.63, 3.8) is 0 Å². The zero-order valence-corrected chi connectivity index (χ0v) is 10.3. The summed E-state index contributed by atoms with van der Waals surface area (Å²) in [6.45, 7) is 2.49. The lowest BCUT2D eigenvalue weighted by Gasteiger charge is -2.33. The van der Waals surface area contributed by atoms with Gasteiger partial charge in [0.05, 0.1) is 6.10 Å². The van der Waals surface area contributed by atoms with Crippen molar-refractivity contribution in [3.8, 4) is 0 Å². The third-order valence-corrected chi connectivity index (χ3v) is 5.21. The molecule has 0 spiro atoms. The molecule has 2 saturated carbocycles. The number of hydrogen-bond acceptors (Lipinski definition) is 2. The second kappa shape index (κ2) is 4.66. The molecular weight excluding hydrogens is 198 g/mol. The van der Waals surface area contributed by atoms with Gasteiger partial charge in [-0.1, -0.05) is 19.3 Å². The molecule has 1 saturated heterocycles. The van der Waals surface area contributed by atoms with Crippen LogP contribution in [0.3, 0.4) is 0 Å². The highest BCUT2D eigenvalue weighted by atomic mass is 16.3. The molecule has 1 N–H and O–H groups in total. The number of aliphatic hydroxyl groups is 1. The first-order valence-electron chi connectivity index (χ1n) is 7.27. The number of nitrogens with zero attached hydrogens (tertiary/aromatic N) is 1. The van der Waals surface area contributed by atoms with Gasteiger partial charge in [-0.25, -0.2) is 0 Å². The second-order valence-electron chi connectivity index (χ2n) is 6.15. The van der Waals surface area contributed by atoms with E-state index < -0.39 is 0 Å². The molecule has 0 amide bonds. The van der Waals surface area contributed by atoms with E-state index in [9.17, 15) is 5.11 Å². The summed E-state index contributed by atoms with van der Waals surface area (Å²) in [5, 5.41) is 9.92. The Morgan fingerprint density at radius 1 is 0.938 bits per heavy atom. The van der Waals surface area contributed by atoms with Gasteiger partial charge in [0.15, 0.2) is 0 Å². The molecule has 2 nitrogen and oxygen atoms in total. The summed E-state index contributed by atoms with van der Waals surface area (Å²) in [7, 11) is 0. The van der Waals surface area contributed by atoms with Crippen molar-refractivity contribution in [2.45, 2.75) is 63.5 Å². The SMILES string of the molecule is OC1CCCC1CN1CCC2CCCCC21. The first kappa shape index (κ1) is 11.0. The zero-order chi connectivity index (χ0) is 11.0. The predicted molar refractivity (Wildman–Crippen MR) is 65.3 cm³/mol. The molecule has 0 aromatic heterocycles. The highest BCUT2D eigenvalue weighted by molar-refractivity contribution is 4.92. The average molecular weight is 223 g/mol. The smallest absolute Gasteiger partial charge is 0.0580 e. The van der Waals surface area contributed by atoms with Crippen molar-refractivity contribution in [2.24, 2.45) is 11.8 Å². The molecular formula is C14H25NO. The van der Waals surface area contributed by atoms with Gasteiger partial charge in [0.2, 0.25) is 0 Å². The van der Waals surface area contributed by atoms with Crippen LogP contribution in [0.15, 0.2) is 0 Å². The fourth-order valence-corrected chi connectivity index (χ4v) is 4.26. The first-order chi connectivity index (χ1) is 7.84. The maximum absolute atomic E-state index is 9.92. The Morgan fingerprint density at radius 3 is 2.62 bits per heavy atom. The molecule has 0 radical (unpaired) electrons. The molecule has 1 aliphatic heterocycles. The normalized spacial score (nSPS) is 44.8. The van der Waals surface area contributed by atoms with E-state index in [4.69, 9.17) is 0 Å². The van der Waals surface area contributed by atoms with Crippen LogP contribution in [-0.2, 0) is 0 Å². The van der Waals surface area contributed by atoms with Crippen molar-refractivity contribution in [3.05, 3.63) is 0 Å². The Hall–Kier alpha value is -0.0800. The van der Waals surface area contributed by atoms with Crippen LogP contribution >= 0.6 is 0 Å². The summed E-state index contributed by atoms with van der Waals surface area (Å²) in [5.74, 6) is 1.58. The predicted octanol–water partition coefficient (Wildman–Crippen LogP) is 2.41. The van der Waals surface area contributed by atoms with E-state index in [0.29, 0.717) is 5.92 Å². The molecule has 0 aromatic rings. The van der Waals surface area contributed by atoms with E-state index >= 15 is 0 Å². The molecule has 4 unspecified atom stereocenters. The van der Waals surface area contributed by atoms with E-state index in [1.807, 2.05) is 0 Å². The lowest BCUT2D eigenvalue weighted by atomic mass is 9.85. The maximum Gasteiger partial charge on any atom is 0.0580 e. The van der Waals surface area contributed by atoms with Crippen molar-refractivity contribution in [1.82, 2.24) is 4.90 Å².